The van der Waals surface area contributed by atoms with Crippen LogP contribution in [0, 0.1) is 0 Å². The summed E-state index contributed by atoms with van der Waals surface area (Å²) in [5, 5.41) is 0. The number of aromatic nitrogens is 2. The Hall–Kier alpha value is -2.12. The Balaban J connectivity index is 0.000000253. The van der Waals surface area contributed by atoms with E-state index in [4.69, 9.17) is 15.2 Å². The molecule has 1 amide bonds. The topological polar surface area (TPSA) is 90.6 Å². The van der Waals surface area contributed by atoms with Crippen molar-refractivity contribution in [3.8, 4) is 5.75 Å². The third-order valence-corrected chi connectivity index (χ3v) is 2.94. The van der Waals surface area contributed by atoms with Crippen LogP contribution >= 0.6 is 0 Å². The number of nitrogens with zero attached hydrogens (tertiary/aromatic N) is 3. The third kappa shape index (κ3) is 7.12. The molecule has 0 spiro atoms. The predicted molar refractivity (Wildman–Crippen MR) is 84.9 cm³/mol. The van der Waals surface area contributed by atoms with Gasteiger partial charge in [-0.15, -0.1) is 0 Å². The third-order valence-electron chi connectivity index (χ3n) is 2.94. The molecule has 1 aromatic heterocycles. The zero-order valence-electron chi connectivity index (χ0n) is 14.1. The number of nitrogens with two attached hydrogens (primary N) is 1. The summed E-state index contributed by atoms with van der Waals surface area (Å²) >= 11 is 0. The van der Waals surface area contributed by atoms with Crippen molar-refractivity contribution in [3.63, 3.8) is 0 Å². The van der Waals surface area contributed by atoms with E-state index < -0.39 is 17.9 Å². The quantitative estimate of drug-likeness (QED) is 0.851. The molecule has 1 aromatic rings. The molecule has 0 bridgehead atoms. The fourth-order valence-corrected chi connectivity index (χ4v) is 1.90. The van der Waals surface area contributed by atoms with Crippen molar-refractivity contribution >= 4 is 11.9 Å². The van der Waals surface area contributed by atoms with Crippen molar-refractivity contribution < 1.29 is 18.7 Å². The summed E-state index contributed by atoms with van der Waals surface area (Å²) in [7, 11) is 1.52. The van der Waals surface area contributed by atoms with Gasteiger partial charge in [-0.3, -0.25) is 0 Å². The molecule has 1 fully saturated rings. The van der Waals surface area contributed by atoms with E-state index in [1.807, 2.05) is 20.8 Å². The number of amides is 1. The van der Waals surface area contributed by atoms with E-state index in [0.29, 0.717) is 24.5 Å². The van der Waals surface area contributed by atoms with Crippen LogP contribution in [-0.4, -0.2) is 52.9 Å². The summed E-state index contributed by atoms with van der Waals surface area (Å²) in [4.78, 5) is 20.3. The van der Waals surface area contributed by atoms with Gasteiger partial charge in [0.2, 0.25) is 0 Å². The number of methoxy groups -OCH3 is 1. The van der Waals surface area contributed by atoms with E-state index in [9.17, 15) is 9.18 Å². The average molecular weight is 328 g/mol. The van der Waals surface area contributed by atoms with Crippen LogP contribution in [0.3, 0.4) is 0 Å². The summed E-state index contributed by atoms with van der Waals surface area (Å²) in [6, 6.07) is 0. The van der Waals surface area contributed by atoms with Gasteiger partial charge in [0.05, 0.1) is 19.9 Å². The summed E-state index contributed by atoms with van der Waals surface area (Å²) in [6.45, 7) is 6.20. The first-order chi connectivity index (χ1) is 10.7. The lowest BCUT2D eigenvalue weighted by Crippen LogP contribution is -2.43. The molecule has 2 N–H and O–H groups in total. The molecule has 2 heterocycles. The summed E-state index contributed by atoms with van der Waals surface area (Å²) in [6.07, 6.45) is 2.87. The van der Waals surface area contributed by atoms with Gasteiger partial charge in [0, 0.05) is 6.54 Å². The fourth-order valence-electron chi connectivity index (χ4n) is 1.90. The largest absolute Gasteiger partial charge is 0.491 e. The van der Waals surface area contributed by atoms with Gasteiger partial charge >= 0.3 is 6.09 Å². The number of piperidine rings is 1. The Labute approximate surface area is 136 Å². The van der Waals surface area contributed by atoms with Crippen LogP contribution in [0.5, 0.6) is 5.75 Å². The van der Waals surface area contributed by atoms with Crippen molar-refractivity contribution in [1.29, 1.82) is 0 Å². The summed E-state index contributed by atoms with van der Waals surface area (Å²) in [5.41, 5.74) is 4.86. The number of ether oxygens (including phenoxy) is 2. The van der Waals surface area contributed by atoms with Crippen LogP contribution in [0.4, 0.5) is 15.0 Å². The molecule has 1 atom stereocenters. The first-order valence-corrected chi connectivity index (χ1v) is 7.44. The van der Waals surface area contributed by atoms with Gasteiger partial charge in [-0.2, -0.15) is 0 Å². The maximum Gasteiger partial charge on any atom is 0.410 e. The first kappa shape index (κ1) is 18.9. The Kier molecular flexibility index (Phi) is 6.99. The van der Waals surface area contributed by atoms with Crippen LogP contribution in [-0.2, 0) is 4.74 Å². The second kappa shape index (κ2) is 8.50. The lowest BCUT2D eigenvalue weighted by Gasteiger charge is -2.31. The van der Waals surface area contributed by atoms with Gasteiger partial charge in [-0.25, -0.2) is 19.2 Å². The number of rotatable bonds is 1. The molecule has 0 saturated carbocycles. The number of halogens is 1. The van der Waals surface area contributed by atoms with Crippen LogP contribution in [0.1, 0.15) is 33.6 Å². The number of alkyl halides is 1. The molecule has 1 aliphatic heterocycles. The zero-order chi connectivity index (χ0) is 17.5. The minimum atomic E-state index is -0.892. The predicted octanol–water partition coefficient (Wildman–Crippen LogP) is 2.42. The van der Waals surface area contributed by atoms with Crippen molar-refractivity contribution in [2.24, 2.45) is 0 Å². The highest BCUT2D eigenvalue weighted by molar-refractivity contribution is 5.68. The van der Waals surface area contributed by atoms with E-state index in [2.05, 4.69) is 9.97 Å². The lowest BCUT2D eigenvalue weighted by atomic mass is 10.1. The molecule has 0 aliphatic carbocycles. The minimum Gasteiger partial charge on any atom is -0.491 e. The van der Waals surface area contributed by atoms with Crippen LogP contribution in [0.25, 0.3) is 0 Å². The maximum atomic E-state index is 13.0. The number of hydrogen-bond acceptors (Lipinski definition) is 6. The maximum absolute atomic E-state index is 13.0. The van der Waals surface area contributed by atoms with Crippen LogP contribution < -0.4 is 10.5 Å². The Morgan fingerprint density at radius 3 is 2.65 bits per heavy atom. The summed E-state index contributed by atoms with van der Waals surface area (Å²) < 4.78 is 22.9. The van der Waals surface area contributed by atoms with E-state index in [1.54, 1.807) is 0 Å². The molecule has 1 saturated heterocycles. The number of carbonyl (C=O) groups excluding carboxylic acids is 1. The van der Waals surface area contributed by atoms with Crippen LogP contribution in [0.15, 0.2) is 12.5 Å². The van der Waals surface area contributed by atoms with Crippen molar-refractivity contribution in [2.75, 3.05) is 25.9 Å². The smallest absolute Gasteiger partial charge is 0.410 e. The monoisotopic (exact) mass is 328 g/mol. The molecular weight excluding hydrogens is 303 g/mol. The van der Waals surface area contributed by atoms with Gasteiger partial charge in [0.15, 0.2) is 11.6 Å². The molecule has 23 heavy (non-hydrogen) atoms. The van der Waals surface area contributed by atoms with Gasteiger partial charge in [-0.05, 0) is 33.6 Å². The normalized spacial score (nSPS) is 17.8. The molecular formula is C15H25FN4O3. The second-order valence-electron chi connectivity index (χ2n) is 6.14. The average Bonchev–Trinajstić information content (AvgIpc) is 2.47. The van der Waals surface area contributed by atoms with E-state index in [-0.39, 0.29) is 6.54 Å². The molecule has 2 rings (SSSR count). The van der Waals surface area contributed by atoms with Crippen LogP contribution in [0.2, 0.25) is 0 Å². The van der Waals surface area contributed by atoms with Gasteiger partial charge < -0.3 is 20.1 Å². The van der Waals surface area contributed by atoms with E-state index in [1.165, 1.54) is 24.5 Å². The highest BCUT2D eigenvalue weighted by atomic mass is 19.1. The standard InChI is InChI=1S/C10H18FNO2.C5H7N3O/c1-10(2,3)14-9(13)12-6-4-5-8(11)7-12;1-9-4-2-7-3-8-5(4)6/h8H,4-7H2,1-3H3;2-3H,1H3,(H2,6,7,8). The fraction of sp³-hybridized carbons (Fsp3) is 0.667. The number of carbonyl (C=O) groups is 1. The molecule has 0 aromatic carbocycles. The first-order valence-electron chi connectivity index (χ1n) is 7.44. The molecule has 0 radical (unpaired) electrons. The lowest BCUT2D eigenvalue weighted by molar-refractivity contribution is 0.0139. The van der Waals surface area contributed by atoms with Gasteiger partial charge in [-0.1, -0.05) is 0 Å². The Bertz CT molecular complexity index is 508. The number of hydrogen-bond donors (Lipinski definition) is 1. The number of anilines is 1. The van der Waals surface area contributed by atoms with E-state index in [0.717, 1.165) is 6.42 Å². The molecule has 1 unspecified atom stereocenters. The molecule has 7 nitrogen and oxygen atoms in total. The van der Waals surface area contributed by atoms with Crippen molar-refractivity contribution in [1.82, 2.24) is 14.9 Å². The number of nitrogen functional groups attached to an aromatic ring is 1. The molecule has 1 aliphatic rings. The van der Waals surface area contributed by atoms with Gasteiger partial charge in [0.25, 0.3) is 0 Å². The Morgan fingerprint density at radius 2 is 2.17 bits per heavy atom. The SMILES string of the molecule is CC(C)(C)OC(=O)N1CCCC(F)C1.COc1cncnc1N. The highest BCUT2D eigenvalue weighted by Crippen LogP contribution is 2.16. The van der Waals surface area contributed by atoms with E-state index >= 15 is 0 Å². The minimum absolute atomic E-state index is 0.176. The van der Waals surface area contributed by atoms with Gasteiger partial charge in [0.1, 0.15) is 18.1 Å². The van der Waals surface area contributed by atoms with Crippen molar-refractivity contribution in [2.45, 2.75) is 45.4 Å². The molecule has 8 heteroatoms. The Morgan fingerprint density at radius 1 is 1.48 bits per heavy atom. The second-order valence-corrected chi connectivity index (χ2v) is 6.14. The zero-order valence-corrected chi connectivity index (χ0v) is 14.1. The molecule has 130 valence electrons. The van der Waals surface area contributed by atoms with Crippen molar-refractivity contribution in [3.05, 3.63) is 12.5 Å². The number of likely N-dealkylation sites (tertiary alicyclic amines) is 1. The highest BCUT2D eigenvalue weighted by Gasteiger charge is 2.27. The summed E-state index contributed by atoms with van der Waals surface area (Å²) in [5.74, 6) is 0.880.